The Labute approximate surface area is 150 Å². The van der Waals surface area contributed by atoms with Crippen LogP contribution in [0, 0.1) is 5.92 Å². The number of sulfone groups is 1. The number of rotatable bonds is 9. The van der Waals surface area contributed by atoms with Crippen molar-refractivity contribution in [3.8, 4) is 0 Å². The van der Waals surface area contributed by atoms with Crippen LogP contribution in [-0.4, -0.2) is 40.2 Å². The van der Waals surface area contributed by atoms with Crippen LogP contribution in [0.15, 0.2) is 35.7 Å². The zero-order valence-electron chi connectivity index (χ0n) is 14.5. The van der Waals surface area contributed by atoms with Crippen LogP contribution in [0.3, 0.4) is 0 Å². The minimum absolute atomic E-state index is 0.0187. The topological polar surface area (TPSA) is 69.7 Å². The van der Waals surface area contributed by atoms with E-state index in [0.717, 1.165) is 6.07 Å². The fourth-order valence-corrected chi connectivity index (χ4v) is 3.25. The molecule has 1 unspecified atom stereocenters. The van der Waals surface area contributed by atoms with E-state index in [9.17, 15) is 26.4 Å². The number of esters is 1. The smallest absolute Gasteiger partial charge is 0.463 e. The number of methoxy groups -OCH3 is 1. The van der Waals surface area contributed by atoms with Gasteiger partial charge in [0.15, 0.2) is 0 Å². The van der Waals surface area contributed by atoms with Gasteiger partial charge in [-0.3, -0.25) is 4.79 Å². The van der Waals surface area contributed by atoms with E-state index in [1.807, 2.05) is 0 Å². The highest BCUT2D eigenvalue weighted by Gasteiger charge is 2.47. The van der Waals surface area contributed by atoms with E-state index in [-0.39, 0.29) is 31.6 Å². The predicted octanol–water partition coefficient (Wildman–Crippen LogP) is 3.08. The van der Waals surface area contributed by atoms with Gasteiger partial charge in [-0.05, 0) is 30.0 Å². The van der Waals surface area contributed by atoms with E-state index >= 15 is 0 Å². The molecule has 0 aromatic heterocycles. The number of halogens is 3. The summed E-state index contributed by atoms with van der Waals surface area (Å²) < 4.78 is 71.6. The molecular formula is C17H21F3O5S. The first kappa shape index (κ1) is 22.2. The molecule has 5 nitrogen and oxygen atoms in total. The SMILES string of the molecule is C=CCc1cc(CC(C)C(=O)OCCOC)ccc1S(=O)(=O)C(F)(F)F. The normalized spacial score (nSPS) is 13.3. The molecule has 1 rings (SSSR count). The lowest BCUT2D eigenvalue weighted by atomic mass is 9.98. The van der Waals surface area contributed by atoms with Crippen LogP contribution < -0.4 is 0 Å². The summed E-state index contributed by atoms with van der Waals surface area (Å²) in [5.74, 6) is -1.02. The van der Waals surface area contributed by atoms with Crippen molar-refractivity contribution in [1.82, 2.24) is 0 Å². The summed E-state index contributed by atoms with van der Waals surface area (Å²) in [5, 5.41) is 0. The molecule has 26 heavy (non-hydrogen) atoms. The molecule has 0 spiro atoms. The molecule has 0 saturated heterocycles. The zero-order chi connectivity index (χ0) is 20.0. The lowest BCUT2D eigenvalue weighted by Crippen LogP contribution is -2.24. The van der Waals surface area contributed by atoms with Gasteiger partial charge in [-0.25, -0.2) is 8.42 Å². The number of carbonyl (C=O) groups excluding carboxylic acids is 1. The first-order valence-corrected chi connectivity index (χ1v) is 9.22. The largest absolute Gasteiger partial charge is 0.501 e. The summed E-state index contributed by atoms with van der Waals surface area (Å²) in [4.78, 5) is 11.1. The molecule has 0 aliphatic heterocycles. The van der Waals surface area contributed by atoms with Crippen LogP contribution >= 0.6 is 0 Å². The van der Waals surface area contributed by atoms with Crippen molar-refractivity contribution in [3.63, 3.8) is 0 Å². The second-order valence-electron chi connectivity index (χ2n) is 5.65. The van der Waals surface area contributed by atoms with Gasteiger partial charge >= 0.3 is 11.5 Å². The van der Waals surface area contributed by atoms with Gasteiger partial charge in [0.2, 0.25) is 0 Å². The Balaban J connectivity index is 3.05. The van der Waals surface area contributed by atoms with Gasteiger partial charge < -0.3 is 9.47 Å². The van der Waals surface area contributed by atoms with Crippen molar-refractivity contribution in [3.05, 3.63) is 42.0 Å². The molecule has 0 radical (unpaired) electrons. The second kappa shape index (κ2) is 9.18. The molecular weight excluding hydrogens is 373 g/mol. The third-order valence-electron chi connectivity index (χ3n) is 3.56. The summed E-state index contributed by atoms with van der Waals surface area (Å²) in [5.41, 5.74) is -4.88. The highest BCUT2D eigenvalue weighted by molar-refractivity contribution is 7.92. The number of allylic oxidation sites excluding steroid dienone is 1. The van der Waals surface area contributed by atoms with Gasteiger partial charge in [0.25, 0.3) is 9.84 Å². The Hall–Kier alpha value is -1.87. The highest BCUT2D eigenvalue weighted by atomic mass is 32.2. The second-order valence-corrected chi connectivity index (χ2v) is 7.56. The van der Waals surface area contributed by atoms with Gasteiger partial charge in [0.05, 0.1) is 17.4 Å². The van der Waals surface area contributed by atoms with E-state index in [4.69, 9.17) is 9.47 Å². The zero-order valence-corrected chi connectivity index (χ0v) is 15.3. The van der Waals surface area contributed by atoms with Crippen LogP contribution in [0.25, 0.3) is 0 Å². The number of hydrogen-bond acceptors (Lipinski definition) is 5. The molecule has 0 amide bonds. The van der Waals surface area contributed by atoms with Crippen LogP contribution in [-0.2, 0) is 36.9 Å². The van der Waals surface area contributed by atoms with Crippen LogP contribution in [0.1, 0.15) is 18.1 Å². The molecule has 0 N–H and O–H groups in total. The van der Waals surface area contributed by atoms with E-state index in [1.54, 1.807) is 6.92 Å². The molecule has 0 fully saturated rings. The summed E-state index contributed by atoms with van der Waals surface area (Å²) in [6, 6.07) is 3.53. The first-order valence-electron chi connectivity index (χ1n) is 7.74. The van der Waals surface area contributed by atoms with Crippen LogP contribution in [0.5, 0.6) is 0 Å². The molecule has 0 heterocycles. The monoisotopic (exact) mass is 394 g/mol. The molecule has 1 aromatic carbocycles. The molecule has 0 aliphatic carbocycles. The van der Waals surface area contributed by atoms with Crippen molar-refractivity contribution in [2.75, 3.05) is 20.3 Å². The van der Waals surface area contributed by atoms with Crippen LogP contribution in [0.4, 0.5) is 13.2 Å². The number of ether oxygens (including phenoxy) is 2. The number of alkyl halides is 3. The Kier molecular flexibility index (Phi) is 7.83. The molecule has 0 bridgehead atoms. The molecule has 0 aliphatic rings. The maximum atomic E-state index is 12.8. The summed E-state index contributed by atoms with van der Waals surface area (Å²) >= 11 is 0. The molecule has 146 valence electrons. The molecule has 0 saturated carbocycles. The Bertz CT molecular complexity index is 741. The number of carbonyl (C=O) groups is 1. The highest BCUT2D eigenvalue weighted by Crippen LogP contribution is 2.33. The van der Waals surface area contributed by atoms with Gasteiger partial charge in [-0.2, -0.15) is 13.2 Å². The summed E-state index contributed by atoms with van der Waals surface area (Å²) in [6.07, 6.45) is 1.46. The molecule has 9 heteroatoms. The fourth-order valence-electron chi connectivity index (χ4n) is 2.27. The average Bonchev–Trinajstić information content (AvgIpc) is 2.54. The third kappa shape index (κ3) is 5.57. The van der Waals surface area contributed by atoms with E-state index in [0.29, 0.717) is 5.56 Å². The summed E-state index contributed by atoms with van der Waals surface area (Å²) in [6.45, 7) is 5.41. The number of hydrogen-bond donors (Lipinski definition) is 0. The Morgan fingerprint density at radius 2 is 1.96 bits per heavy atom. The van der Waals surface area contributed by atoms with Crippen molar-refractivity contribution in [1.29, 1.82) is 0 Å². The van der Waals surface area contributed by atoms with Crippen molar-refractivity contribution >= 4 is 15.8 Å². The fraction of sp³-hybridized carbons (Fsp3) is 0.471. The third-order valence-corrected chi connectivity index (χ3v) is 5.15. The minimum atomic E-state index is -5.46. The maximum absolute atomic E-state index is 12.8. The molecule has 1 atom stereocenters. The average molecular weight is 394 g/mol. The first-order chi connectivity index (χ1) is 12.0. The quantitative estimate of drug-likeness (QED) is 0.366. The molecule has 1 aromatic rings. The van der Waals surface area contributed by atoms with Crippen molar-refractivity contribution < 1.29 is 35.9 Å². The Morgan fingerprint density at radius 1 is 1.31 bits per heavy atom. The van der Waals surface area contributed by atoms with Gasteiger partial charge in [0.1, 0.15) is 6.61 Å². The van der Waals surface area contributed by atoms with Gasteiger partial charge in [0, 0.05) is 7.11 Å². The van der Waals surface area contributed by atoms with Crippen molar-refractivity contribution in [2.24, 2.45) is 5.92 Å². The number of benzene rings is 1. The standard InChI is InChI=1S/C17H21F3O5S/c1-4-5-14-11-13(10-12(2)16(21)25-9-8-24-3)6-7-15(14)26(22,23)17(18,19)20/h4,6-7,11-12H,1,5,8-10H2,2-3H3. The predicted molar refractivity (Wildman–Crippen MR) is 89.3 cm³/mol. The van der Waals surface area contributed by atoms with E-state index in [1.165, 1.54) is 25.3 Å². The maximum Gasteiger partial charge on any atom is 0.501 e. The minimum Gasteiger partial charge on any atom is -0.463 e. The Morgan fingerprint density at radius 3 is 2.50 bits per heavy atom. The van der Waals surface area contributed by atoms with E-state index in [2.05, 4.69) is 6.58 Å². The van der Waals surface area contributed by atoms with E-state index < -0.39 is 32.1 Å². The van der Waals surface area contributed by atoms with Crippen LogP contribution in [0.2, 0.25) is 0 Å². The lowest BCUT2D eigenvalue weighted by molar-refractivity contribution is -0.149. The summed E-state index contributed by atoms with van der Waals surface area (Å²) in [7, 11) is -3.99. The lowest BCUT2D eigenvalue weighted by Gasteiger charge is -2.15. The van der Waals surface area contributed by atoms with Crippen molar-refractivity contribution in [2.45, 2.75) is 30.2 Å². The van der Waals surface area contributed by atoms with Gasteiger partial charge in [-0.1, -0.05) is 25.1 Å². The van der Waals surface area contributed by atoms with Gasteiger partial charge in [-0.15, -0.1) is 6.58 Å².